The van der Waals surface area contributed by atoms with Gasteiger partial charge in [0.1, 0.15) is 0 Å². The van der Waals surface area contributed by atoms with Gasteiger partial charge in [-0.25, -0.2) is 0 Å². The Morgan fingerprint density at radius 3 is 2.00 bits per heavy atom. The number of non-ortho nitro benzene ring substituents is 2. The van der Waals surface area contributed by atoms with Crippen LogP contribution in [0, 0.1) is 20.2 Å². The van der Waals surface area contributed by atoms with Crippen LogP contribution in [-0.2, 0) is 0 Å². The van der Waals surface area contributed by atoms with E-state index in [0.29, 0.717) is 5.69 Å². The second-order valence-corrected chi connectivity index (χ2v) is 4.16. The zero-order chi connectivity index (χ0) is 13.3. The Bertz CT molecular complexity index is 657. The second-order valence-electron chi connectivity index (χ2n) is 3.31. The van der Waals surface area contributed by atoms with Gasteiger partial charge in [0.15, 0.2) is 0 Å². The van der Waals surface area contributed by atoms with Gasteiger partial charge in [0.25, 0.3) is 11.4 Å². The first-order valence-electron chi connectivity index (χ1n) is 4.59. The highest BCUT2D eigenvalue weighted by molar-refractivity contribution is 7.07. The van der Waals surface area contributed by atoms with Crippen molar-refractivity contribution in [2.75, 3.05) is 0 Å². The van der Waals surface area contributed by atoms with E-state index in [1.807, 2.05) is 0 Å². The van der Waals surface area contributed by atoms with Crippen molar-refractivity contribution >= 4 is 22.7 Å². The van der Waals surface area contributed by atoms with Crippen LogP contribution in [0.4, 0.5) is 11.4 Å². The molecule has 2 aromatic rings. The zero-order valence-corrected chi connectivity index (χ0v) is 9.47. The van der Waals surface area contributed by atoms with Gasteiger partial charge in [0.2, 0.25) is 0 Å². The summed E-state index contributed by atoms with van der Waals surface area (Å²) in [6.45, 7) is 0. The molecule has 0 radical (unpaired) electrons. The molecule has 0 spiro atoms. The van der Waals surface area contributed by atoms with Crippen LogP contribution in [0.5, 0.6) is 0 Å². The van der Waals surface area contributed by atoms with Crippen LogP contribution in [0.2, 0.25) is 0 Å². The Kier molecular flexibility index (Phi) is 2.90. The Morgan fingerprint density at radius 2 is 1.61 bits per heavy atom. The van der Waals surface area contributed by atoms with Crippen LogP contribution < -0.4 is 4.87 Å². The first-order valence-corrected chi connectivity index (χ1v) is 5.47. The first-order chi connectivity index (χ1) is 8.47. The average molecular weight is 267 g/mol. The number of nitrogens with zero attached hydrogens (tertiary/aromatic N) is 2. The maximum absolute atomic E-state index is 11.0. The van der Waals surface area contributed by atoms with Crippen LogP contribution in [0.1, 0.15) is 0 Å². The molecule has 1 aromatic carbocycles. The predicted octanol–water partition coefficient (Wildman–Crippen LogP) is 1.92. The van der Waals surface area contributed by atoms with Crippen molar-refractivity contribution in [2.45, 2.75) is 0 Å². The number of aromatic amines is 1. The lowest BCUT2D eigenvalue weighted by Crippen LogP contribution is -1.96. The van der Waals surface area contributed by atoms with E-state index in [2.05, 4.69) is 4.98 Å². The number of rotatable bonds is 3. The van der Waals surface area contributed by atoms with Gasteiger partial charge in [-0.15, -0.1) is 0 Å². The van der Waals surface area contributed by atoms with Gasteiger partial charge in [0, 0.05) is 23.1 Å². The summed E-state index contributed by atoms with van der Waals surface area (Å²) < 4.78 is 0. The monoisotopic (exact) mass is 267 g/mol. The van der Waals surface area contributed by atoms with Crippen molar-refractivity contribution in [2.24, 2.45) is 0 Å². The molecule has 0 bridgehead atoms. The van der Waals surface area contributed by atoms with E-state index in [4.69, 9.17) is 0 Å². The molecule has 0 atom stereocenters. The minimum Gasteiger partial charge on any atom is -0.312 e. The number of H-pyrrole nitrogens is 1. The molecule has 0 amide bonds. The third-order valence-electron chi connectivity index (χ3n) is 2.16. The van der Waals surface area contributed by atoms with E-state index in [1.54, 1.807) is 0 Å². The molecule has 1 heterocycles. The summed E-state index contributed by atoms with van der Waals surface area (Å²) in [5.74, 6) is 0. The fraction of sp³-hybridized carbons (Fsp3) is 0. The second kappa shape index (κ2) is 4.37. The Balaban J connectivity index is 2.63. The summed E-state index contributed by atoms with van der Waals surface area (Å²) in [4.78, 5) is 33.0. The Labute approximate surface area is 103 Å². The van der Waals surface area contributed by atoms with Crippen molar-refractivity contribution in [3.05, 3.63) is 53.5 Å². The van der Waals surface area contributed by atoms with Gasteiger partial charge in [0.05, 0.1) is 21.6 Å². The van der Waals surface area contributed by atoms with Gasteiger partial charge in [-0.05, 0) is 0 Å². The van der Waals surface area contributed by atoms with E-state index in [0.717, 1.165) is 17.4 Å². The Hall–Kier alpha value is -2.55. The van der Waals surface area contributed by atoms with Crippen molar-refractivity contribution < 1.29 is 9.85 Å². The van der Waals surface area contributed by atoms with Crippen LogP contribution in [0.15, 0.2) is 28.4 Å². The highest BCUT2D eigenvalue weighted by atomic mass is 32.1. The SMILES string of the molecule is O=c1[nH]c(-c2cc([N+](=O)[O-])cc([N+](=O)[O-])c2)cs1. The Morgan fingerprint density at radius 1 is 1.06 bits per heavy atom. The molecule has 2 rings (SSSR count). The third-order valence-corrected chi connectivity index (χ3v) is 2.83. The molecular formula is C9H5N3O5S. The van der Waals surface area contributed by atoms with E-state index < -0.39 is 21.2 Å². The number of hydrogen-bond acceptors (Lipinski definition) is 6. The summed E-state index contributed by atoms with van der Waals surface area (Å²) >= 11 is 0.877. The van der Waals surface area contributed by atoms with Gasteiger partial charge < -0.3 is 4.98 Å². The molecule has 18 heavy (non-hydrogen) atoms. The van der Waals surface area contributed by atoms with Crippen LogP contribution in [0.25, 0.3) is 11.3 Å². The molecule has 8 nitrogen and oxygen atoms in total. The standard InChI is InChI=1S/C9H5N3O5S/c13-9-10-8(4-18-9)5-1-6(11(14)15)3-7(2-5)12(16)17/h1-4H,(H,10,13). The molecular weight excluding hydrogens is 262 g/mol. The summed E-state index contributed by atoms with van der Waals surface area (Å²) in [7, 11) is 0. The van der Waals surface area contributed by atoms with E-state index in [1.165, 1.54) is 17.5 Å². The zero-order valence-electron chi connectivity index (χ0n) is 8.65. The van der Waals surface area contributed by atoms with Crippen molar-refractivity contribution in [3.63, 3.8) is 0 Å². The number of hydrogen-bond donors (Lipinski definition) is 1. The molecule has 0 fully saturated rings. The lowest BCUT2D eigenvalue weighted by molar-refractivity contribution is -0.394. The van der Waals surface area contributed by atoms with Crippen LogP contribution in [-0.4, -0.2) is 14.8 Å². The lowest BCUT2D eigenvalue weighted by Gasteiger charge is -1.98. The smallest absolute Gasteiger partial charge is 0.304 e. The number of nitrogens with one attached hydrogen (secondary N) is 1. The number of nitro benzene ring substituents is 2. The summed E-state index contributed by atoms with van der Waals surface area (Å²) in [6.07, 6.45) is 0. The molecule has 0 saturated carbocycles. The van der Waals surface area contributed by atoms with Crippen molar-refractivity contribution in [3.8, 4) is 11.3 Å². The molecule has 1 N–H and O–H groups in total. The minimum atomic E-state index is -0.721. The molecule has 0 aliphatic heterocycles. The van der Waals surface area contributed by atoms with E-state index >= 15 is 0 Å². The quantitative estimate of drug-likeness (QED) is 0.672. The van der Waals surface area contributed by atoms with Gasteiger partial charge in [-0.3, -0.25) is 25.0 Å². The van der Waals surface area contributed by atoms with E-state index in [9.17, 15) is 25.0 Å². The number of thiazole rings is 1. The molecule has 0 aliphatic carbocycles. The number of aromatic nitrogens is 1. The van der Waals surface area contributed by atoms with Gasteiger partial charge in [-0.2, -0.15) is 0 Å². The first kappa shape index (κ1) is 11.9. The maximum Gasteiger partial charge on any atom is 0.304 e. The fourth-order valence-electron chi connectivity index (χ4n) is 1.38. The predicted molar refractivity (Wildman–Crippen MR) is 63.7 cm³/mol. The van der Waals surface area contributed by atoms with Gasteiger partial charge in [-0.1, -0.05) is 11.3 Å². The van der Waals surface area contributed by atoms with Crippen LogP contribution >= 0.6 is 11.3 Å². The largest absolute Gasteiger partial charge is 0.312 e. The van der Waals surface area contributed by atoms with Crippen molar-refractivity contribution in [1.82, 2.24) is 4.98 Å². The average Bonchev–Trinajstić information content (AvgIpc) is 2.75. The summed E-state index contributed by atoms with van der Waals surface area (Å²) in [5.41, 5.74) is -0.247. The van der Waals surface area contributed by atoms with E-state index in [-0.39, 0.29) is 10.4 Å². The molecule has 1 aromatic heterocycles. The minimum absolute atomic E-state index is 0.231. The normalized spacial score (nSPS) is 10.2. The third kappa shape index (κ3) is 2.25. The number of nitro groups is 2. The van der Waals surface area contributed by atoms with Crippen LogP contribution in [0.3, 0.4) is 0 Å². The summed E-state index contributed by atoms with van der Waals surface area (Å²) in [6, 6.07) is 3.21. The number of benzene rings is 1. The fourth-order valence-corrected chi connectivity index (χ4v) is 1.97. The van der Waals surface area contributed by atoms with Crippen molar-refractivity contribution in [1.29, 1.82) is 0 Å². The molecule has 9 heteroatoms. The topological polar surface area (TPSA) is 119 Å². The molecule has 92 valence electrons. The molecule has 0 saturated heterocycles. The summed E-state index contributed by atoms with van der Waals surface area (Å²) in [5, 5.41) is 22.8. The highest BCUT2D eigenvalue weighted by Gasteiger charge is 2.17. The maximum atomic E-state index is 11.0. The molecule has 0 aliphatic rings. The lowest BCUT2D eigenvalue weighted by atomic mass is 10.1. The highest BCUT2D eigenvalue weighted by Crippen LogP contribution is 2.28. The molecule has 0 unspecified atom stereocenters. The van der Waals surface area contributed by atoms with Gasteiger partial charge >= 0.3 is 4.87 Å².